The Hall–Kier alpha value is -5.96. The van der Waals surface area contributed by atoms with Gasteiger partial charge in [-0.3, -0.25) is 0 Å². The highest BCUT2D eigenvalue weighted by Gasteiger charge is 2.47. The van der Waals surface area contributed by atoms with Crippen molar-refractivity contribution in [3.63, 3.8) is 0 Å². The van der Waals surface area contributed by atoms with Gasteiger partial charge in [0.2, 0.25) is 0 Å². The minimum absolute atomic E-state index is 0.504. The highest BCUT2D eigenvalue weighted by atomic mass is 79.9. The second-order valence-electron chi connectivity index (χ2n) is 13.4. The summed E-state index contributed by atoms with van der Waals surface area (Å²) in [6.45, 7) is 0. The predicted molar refractivity (Wildman–Crippen MR) is 217 cm³/mol. The molecule has 0 unspecified atom stereocenters. The molecule has 1 aliphatic carbocycles. The largest absolute Gasteiger partial charge is 0.309 e. The molecule has 0 saturated heterocycles. The monoisotopic (exact) mass is 713 g/mol. The van der Waals surface area contributed by atoms with E-state index in [0.29, 0.717) is 0 Å². The Morgan fingerprint density at radius 1 is 0.392 bits per heavy atom. The average molecular weight is 715 g/mol. The zero-order chi connectivity index (χ0) is 33.9. The summed E-state index contributed by atoms with van der Waals surface area (Å²) in [5.74, 6) is 0. The molecule has 1 heterocycles. The summed E-state index contributed by atoms with van der Waals surface area (Å²) >= 11 is 3.65. The van der Waals surface area contributed by atoms with E-state index < -0.39 is 5.41 Å². The molecule has 0 spiro atoms. The van der Waals surface area contributed by atoms with Crippen molar-refractivity contribution in [3.8, 4) is 39.1 Å². The Bertz CT molecular complexity index is 2720. The maximum atomic E-state index is 3.65. The molecule has 0 aliphatic heterocycles. The molecule has 0 saturated carbocycles. The number of rotatable bonds is 5. The molecule has 10 rings (SSSR count). The van der Waals surface area contributed by atoms with Crippen molar-refractivity contribution in [1.29, 1.82) is 0 Å². The number of hydrogen-bond donors (Lipinski definition) is 0. The highest BCUT2D eigenvalue weighted by molar-refractivity contribution is 9.10. The summed E-state index contributed by atoms with van der Waals surface area (Å²) in [6.07, 6.45) is 0. The number of nitrogens with zero attached hydrogens (tertiary/aromatic N) is 1. The van der Waals surface area contributed by atoms with E-state index >= 15 is 0 Å². The van der Waals surface area contributed by atoms with E-state index in [1.807, 2.05) is 0 Å². The quantitative estimate of drug-likeness (QED) is 0.167. The summed E-state index contributed by atoms with van der Waals surface area (Å²) in [7, 11) is 0. The van der Waals surface area contributed by atoms with E-state index in [2.05, 4.69) is 215 Å². The minimum Gasteiger partial charge on any atom is -0.309 e. The molecular weight excluding hydrogens is 682 g/mol. The van der Waals surface area contributed by atoms with Gasteiger partial charge < -0.3 is 4.57 Å². The molecular formula is C49H32BrN. The predicted octanol–water partition coefficient (Wildman–Crippen LogP) is 13.2. The normalized spacial score (nSPS) is 13.0. The first-order valence-corrected chi connectivity index (χ1v) is 18.3. The van der Waals surface area contributed by atoms with Gasteiger partial charge in [-0.1, -0.05) is 168 Å². The van der Waals surface area contributed by atoms with Crippen LogP contribution in [0.25, 0.3) is 60.9 Å². The van der Waals surface area contributed by atoms with E-state index in [9.17, 15) is 0 Å². The SMILES string of the molecule is Brc1cccc(-c2cccc(-c3ccc4c(c3)c3ccccc3n4-c3cccc4c3C(c3ccccc3)(c3ccccc3)c3ccccc3-4)c2)c1. The molecule has 1 aromatic heterocycles. The second-order valence-corrected chi connectivity index (χ2v) is 14.3. The topological polar surface area (TPSA) is 4.93 Å². The van der Waals surface area contributed by atoms with Gasteiger partial charge in [-0.2, -0.15) is 0 Å². The van der Waals surface area contributed by atoms with Crippen LogP contribution in [0.15, 0.2) is 199 Å². The number of para-hydroxylation sites is 1. The standard InChI is InChI=1S/C49H32BrN/c50-39-21-12-16-35(31-39)33-14-11-15-34(30-33)36-28-29-46-43(32-36)41-23-8-10-26-45(41)51(46)47-27-13-24-42-40-22-7-9-25-44(40)49(48(42)47,37-17-3-1-4-18-37)38-19-5-2-6-20-38/h1-32H. The summed E-state index contributed by atoms with van der Waals surface area (Å²) in [5, 5.41) is 2.49. The van der Waals surface area contributed by atoms with Crippen molar-refractivity contribution in [2.75, 3.05) is 0 Å². The summed E-state index contributed by atoms with van der Waals surface area (Å²) in [5.41, 5.74) is 15.6. The zero-order valence-electron chi connectivity index (χ0n) is 27.8. The fourth-order valence-corrected chi connectivity index (χ4v) is 9.02. The van der Waals surface area contributed by atoms with Gasteiger partial charge in [0.25, 0.3) is 0 Å². The van der Waals surface area contributed by atoms with E-state index in [-0.39, 0.29) is 0 Å². The molecule has 240 valence electrons. The third-order valence-corrected chi connectivity index (χ3v) is 11.2. The Morgan fingerprint density at radius 3 is 1.71 bits per heavy atom. The number of halogens is 1. The van der Waals surface area contributed by atoms with Crippen LogP contribution < -0.4 is 0 Å². The van der Waals surface area contributed by atoms with Crippen LogP contribution in [0.3, 0.4) is 0 Å². The van der Waals surface area contributed by atoms with Crippen molar-refractivity contribution in [1.82, 2.24) is 4.57 Å². The van der Waals surface area contributed by atoms with Gasteiger partial charge in [0.15, 0.2) is 0 Å². The molecule has 51 heavy (non-hydrogen) atoms. The third kappa shape index (κ3) is 4.53. The first-order chi connectivity index (χ1) is 25.2. The van der Waals surface area contributed by atoms with Gasteiger partial charge in [0.05, 0.1) is 22.1 Å². The lowest BCUT2D eigenvalue weighted by Crippen LogP contribution is -2.29. The Balaban J connectivity index is 1.25. The third-order valence-electron chi connectivity index (χ3n) is 10.7. The van der Waals surface area contributed by atoms with Crippen LogP contribution in [0, 0.1) is 0 Å². The fraction of sp³-hybridized carbons (Fsp3) is 0.0204. The molecule has 0 radical (unpaired) electrons. The molecule has 0 bridgehead atoms. The number of aromatic nitrogens is 1. The lowest BCUT2D eigenvalue weighted by molar-refractivity contribution is 0.762. The van der Waals surface area contributed by atoms with Gasteiger partial charge >= 0.3 is 0 Å². The van der Waals surface area contributed by atoms with E-state index in [4.69, 9.17) is 0 Å². The molecule has 1 aliphatic rings. The average Bonchev–Trinajstić information content (AvgIpc) is 3.69. The number of hydrogen-bond acceptors (Lipinski definition) is 0. The second kappa shape index (κ2) is 11.8. The molecule has 1 nitrogen and oxygen atoms in total. The number of fused-ring (bicyclic) bond motifs is 6. The van der Waals surface area contributed by atoms with Crippen LogP contribution in [0.2, 0.25) is 0 Å². The maximum Gasteiger partial charge on any atom is 0.0734 e. The van der Waals surface area contributed by atoms with Crippen LogP contribution in [0.1, 0.15) is 22.3 Å². The van der Waals surface area contributed by atoms with E-state index in [1.54, 1.807) is 0 Å². The van der Waals surface area contributed by atoms with Gasteiger partial charge in [-0.05, 0) is 92.5 Å². The molecule has 9 aromatic rings. The van der Waals surface area contributed by atoms with Crippen LogP contribution in [-0.4, -0.2) is 4.57 Å². The smallest absolute Gasteiger partial charge is 0.0734 e. The summed E-state index contributed by atoms with van der Waals surface area (Å²) in [4.78, 5) is 0. The molecule has 0 atom stereocenters. The lowest BCUT2D eigenvalue weighted by Gasteiger charge is -2.35. The minimum atomic E-state index is -0.504. The zero-order valence-corrected chi connectivity index (χ0v) is 29.4. The Morgan fingerprint density at radius 2 is 0.961 bits per heavy atom. The van der Waals surface area contributed by atoms with Crippen LogP contribution in [0.4, 0.5) is 0 Å². The fourth-order valence-electron chi connectivity index (χ4n) is 8.63. The van der Waals surface area contributed by atoms with Gasteiger partial charge in [0, 0.05) is 20.8 Å². The van der Waals surface area contributed by atoms with E-state index in [1.165, 1.54) is 83.1 Å². The lowest BCUT2D eigenvalue weighted by atomic mass is 9.67. The van der Waals surface area contributed by atoms with Gasteiger partial charge in [0.1, 0.15) is 0 Å². The molecule has 0 N–H and O–H groups in total. The van der Waals surface area contributed by atoms with Crippen LogP contribution in [-0.2, 0) is 5.41 Å². The van der Waals surface area contributed by atoms with Crippen molar-refractivity contribution < 1.29 is 0 Å². The van der Waals surface area contributed by atoms with Crippen molar-refractivity contribution >= 4 is 37.7 Å². The van der Waals surface area contributed by atoms with Crippen molar-refractivity contribution in [2.24, 2.45) is 0 Å². The Kier molecular flexibility index (Phi) is 6.94. The molecule has 0 amide bonds. The van der Waals surface area contributed by atoms with Crippen molar-refractivity contribution in [2.45, 2.75) is 5.41 Å². The summed E-state index contributed by atoms with van der Waals surface area (Å²) < 4.78 is 3.59. The van der Waals surface area contributed by atoms with Crippen LogP contribution in [0.5, 0.6) is 0 Å². The van der Waals surface area contributed by atoms with Gasteiger partial charge in [-0.15, -0.1) is 0 Å². The van der Waals surface area contributed by atoms with E-state index in [0.717, 1.165) is 4.47 Å². The molecule has 0 fully saturated rings. The maximum absolute atomic E-state index is 3.65. The highest BCUT2D eigenvalue weighted by Crippen LogP contribution is 2.58. The number of benzene rings is 8. The summed E-state index contributed by atoms with van der Waals surface area (Å²) in [6, 6.07) is 71.3. The molecule has 8 aromatic carbocycles. The molecule has 2 heteroatoms. The Labute approximate surface area is 306 Å². The first-order valence-electron chi connectivity index (χ1n) is 17.5. The first kappa shape index (κ1) is 29.9. The van der Waals surface area contributed by atoms with Crippen LogP contribution >= 0.6 is 15.9 Å². The van der Waals surface area contributed by atoms with Gasteiger partial charge in [-0.25, -0.2) is 0 Å². The van der Waals surface area contributed by atoms with Crippen molar-refractivity contribution in [3.05, 3.63) is 221 Å².